The lowest BCUT2D eigenvalue weighted by molar-refractivity contribution is -0.184. The molecule has 12 heteroatoms. The van der Waals surface area contributed by atoms with Crippen molar-refractivity contribution in [3.05, 3.63) is 71.7 Å². The van der Waals surface area contributed by atoms with Crippen LogP contribution >= 0.6 is 0 Å². The molecule has 0 fully saturated rings. The van der Waals surface area contributed by atoms with Crippen LogP contribution in [0.2, 0.25) is 0 Å². The summed E-state index contributed by atoms with van der Waals surface area (Å²) in [6.07, 6.45) is 0.359. The molecular formula is C24H21F5N4O3. The number of nitrogen functional groups attached to an aromatic ring is 1. The Morgan fingerprint density at radius 2 is 1.78 bits per heavy atom. The van der Waals surface area contributed by atoms with E-state index in [-0.39, 0.29) is 34.0 Å². The Hall–Kier alpha value is -3.93. The highest BCUT2D eigenvalue weighted by molar-refractivity contribution is 5.75. The second kappa shape index (κ2) is 9.26. The number of nitrogens with zero attached hydrogens (tertiary/aromatic N) is 3. The number of benzene rings is 2. The van der Waals surface area contributed by atoms with Crippen LogP contribution < -0.4 is 15.2 Å². The summed E-state index contributed by atoms with van der Waals surface area (Å²) in [5.41, 5.74) is 2.95. The van der Waals surface area contributed by atoms with Gasteiger partial charge in [0.2, 0.25) is 5.95 Å². The zero-order valence-corrected chi connectivity index (χ0v) is 19.1. The average molecular weight is 508 g/mol. The van der Waals surface area contributed by atoms with Gasteiger partial charge in [0.1, 0.15) is 11.6 Å². The van der Waals surface area contributed by atoms with Crippen molar-refractivity contribution in [1.29, 1.82) is 0 Å². The summed E-state index contributed by atoms with van der Waals surface area (Å²) in [6, 6.07) is 7.68. The lowest BCUT2D eigenvalue weighted by Crippen LogP contribution is -2.43. The van der Waals surface area contributed by atoms with Crippen LogP contribution in [0.1, 0.15) is 18.9 Å². The van der Waals surface area contributed by atoms with Crippen molar-refractivity contribution in [3.8, 4) is 22.6 Å². The van der Waals surface area contributed by atoms with Gasteiger partial charge in [0.05, 0.1) is 19.3 Å². The molecule has 1 atom stereocenters. The lowest BCUT2D eigenvalue weighted by Gasteiger charge is -2.33. The maximum Gasteiger partial charge on any atom is 0.283 e. The molecule has 1 unspecified atom stereocenters. The van der Waals surface area contributed by atoms with E-state index in [1.54, 1.807) is 0 Å². The van der Waals surface area contributed by atoms with Crippen molar-refractivity contribution >= 4 is 11.6 Å². The van der Waals surface area contributed by atoms with Gasteiger partial charge in [0.15, 0.2) is 28.6 Å². The predicted octanol–water partition coefficient (Wildman–Crippen LogP) is 4.72. The molecule has 0 amide bonds. The van der Waals surface area contributed by atoms with Crippen molar-refractivity contribution in [2.75, 3.05) is 19.5 Å². The number of nitrogens with two attached hydrogens (primary N) is 1. The fourth-order valence-corrected chi connectivity index (χ4v) is 3.71. The first-order valence-electron chi connectivity index (χ1n) is 10.6. The molecule has 4 aromatic rings. The second-order valence-electron chi connectivity index (χ2n) is 8.15. The summed E-state index contributed by atoms with van der Waals surface area (Å²) >= 11 is 0. The molecule has 0 radical (unpaired) electrons. The van der Waals surface area contributed by atoms with Gasteiger partial charge in [-0.1, -0.05) is 12.1 Å². The zero-order valence-electron chi connectivity index (χ0n) is 19.1. The van der Waals surface area contributed by atoms with E-state index in [1.807, 2.05) is 0 Å². The maximum atomic E-state index is 15.4. The number of hydrogen-bond donors (Lipinski definition) is 2. The Morgan fingerprint density at radius 1 is 1.08 bits per heavy atom. The number of halogens is 5. The number of rotatable bonds is 8. The number of methoxy groups -OCH3 is 1. The van der Waals surface area contributed by atoms with Gasteiger partial charge < -0.3 is 20.3 Å². The van der Waals surface area contributed by atoms with Crippen LogP contribution in [-0.2, 0) is 5.60 Å². The molecule has 2 aromatic heterocycles. The van der Waals surface area contributed by atoms with Crippen LogP contribution in [0.25, 0.3) is 16.8 Å². The number of anilines is 1. The van der Waals surface area contributed by atoms with Crippen molar-refractivity contribution < 1.29 is 36.5 Å². The number of hydrogen-bond acceptors (Lipinski definition) is 6. The normalized spacial score (nSPS) is 13.6. The van der Waals surface area contributed by atoms with Crippen LogP contribution in [0.15, 0.2) is 48.7 Å². The molecule has 4 rings (SSSR count). The number of ether oxygens (including phenoxy) is 2. The van der Waals surface area contributed by atoms with Crippen molar-refractivity contribution in [1.82, 2.24) is 14.6 Å². The van der Waals surface area contributed by atoms with Gasteiger partial charge in [-0.2, -0.15) is 4.98 Å². The highest BCUT2D eigenvalue weighted by atomic mass is 19.3. The van der Waals surface area contributed by atoms with Gasteiger partial charge in [-0.05, 0) is 42.3 Å². The van der Waals surface area contributed by atoms with E-state index in [0.29, 0.717) is 0 Å². The molecule has 0 aliphatic heterocycles. The largest absolute Gasteiger partial charge is 0.496 e. The summed E-state index contributed by atoms with van der Waals surface area (Å²) in [7, 11) is 1.21. The van der Waals surface area contributed by atoms with E-state index >= 15 is 4.39 Å². The SMILES string of the molecule is COc1cc(F)c(OCCC(F)(F)C(C)(O)c2ccc(F)cc2)c(F)c1-c1ccn2nc(N)nc2c1. The Morgan fingerprint density at radius 3 is 2.44 bits per heavy atom. The summed E-state index contributed by atoms with van der Waals surface area (Å²) in [6.45, 7) is 0.0178. The van der Waals surface area contributed by atoms with Crippen LogP contribution in [0.5, 0.6) is 11.5 Å². The van der Waals surface area contributed by atoms with Crippen LogP contribution in [0, 0.1) is 17.5 Å². The third-order valence-corrected chi connectivity index (χ3v) is 5.78. The van der Waals surface area contributed by atoms with Gasteiger partial charge >= 0.3 is 0 Å². The number of aromatic nitrogens is 3. The molecule has 0 bridgehead atoms. The first kappa shape index (κ1) is 25.2. The van der Waals surface area contributed by atoms with Gasteiger partial charge in [-0.15, -0.1) is 5.10 Å². The number of pyridine rings is 1. The molecule has 190 valence electrons. The molecule has 0 spiro atoms. The van der Waals surface area contributed by atoms with Gasteiger partial charge in [0, 0.05) is 18.7 Å². The van der Waals surface area contributed by atoms with E-state index in [0.717, 1.165) is 37.3 Å². The summed E-state index contributed by atoms with van der Waals surface area (Å²) < 4.78 is 84.5. The highest BCUT2D eigenvalue weighted by Gasteiger charge is 2.50. The molecule has 7 nitrogen and oxygen atoms in total. The topological polar surface area (TPSA) is 94.9 Å². The van der Waals surface area contributed by atoms with Crippen LogP contribution in [-0.4, -0.2) is 39.3 Å². The molecule has 0 aliphatic rings. The Bertz CT molecular complexity index is 1410. The zero-order chi connectivity index (χ0) is 26.3. The monoisotopic (exact) mass is 508 g/mol. The van der Waals surface area contributed by atoms with E-state index < -0.39 is 47.8 Å². The number of fused-ring (bicyclic) bond motifs is 1. The predicted molar refractivity (Wildman–Crippen MR) is 120 cm³/mol. The second-order valence-corrected chi connectivity index (χ2v) is 8.15. The highest BCUT2D eigenvalue weighted by Crippen LogP contribution is 2.42. The van der Waals surface area contributed by atoms with Crippen molar-refractivity contribution in [2.45, 2.75) is 24.9 Å². The van der Waals surface area contributed by atoms with Gasteiger partial charge in [0.25, 0.3) is 5.92 Å². The minimum atomic E-state index is -3.79. The van der Waals surface area contributed by atoms with E-state index in [2.05, 4.69) is 10.1 Å². The summed E-state index contributed by atoms with van der Waals surface area (Å²) in [4.78, 5) is 3.99. The van der Waals surface area contributed by atoms with E-state index in [4.69, 9.17) is 15.2 Å². The first-order chi connectivity index (χ1) is 16.9. The lowest BCUT2D eigenvalue weighted by atomic mass is 9.87. The molecular weight excluding hydrogens is 487 g/mol. The van der Waals surface area contributed by atoms with Crippen LogP contribution in [0.3, 0.4) is 0 Å². The first-order valence-corrected chi connectivity index (χ1v) is 10.6. The fraction of sp³-hybridized carbons (Fsp3) is 0.250. The van der Waals surface area contributed by atoms with Gasteiger partial charge in [-0.3, -0.25) is 0 Å². The molecule has 2 heterocycles. The Labute approximate surface area is 201 Å². The molecule has 0 aliphatic carbocycles. The third-order valence-electron chi connectivity index (χ3n) is 5.78. The van der Waals surface area contributed by atoms with E-state index in [9.17, 15) is 22.7 Å². The fourth-order valence-electron chi connectivity index (χ4n) is 3.71. The van der Waals surface area contributed by atoms with Crippen molar-refractivity contribution in [2.24, 2.45) is 0 Å². The van der Waals surface area contributed by atoms with E-state index in [1.165, 1.54) is 30.0 Å². The smallest absolute Gasteiger partial charge is 0.283 e. The molecule has 2 aromatic carbocycles. The Kier molecular flexibility index (Phi) is 6.48. The standard InChI is InChI=1S/C24H21F5N4O3/c1-23(34,14-3-5-15(25)6-4-14)24(28,29)8-10-36-21-16(26)12-17(35-2)19(20(21)27)13-7-9-33-18(11-13)31-22(30)32-33/h3-7,9,11-12,34H,8,10H2,1-2H3,(H2,30,32). The third kappa shape index (κ3) is 4.51. The number of alkyl halides is 2. The minimum absolute atomic E-state index is 0.0137. The molecule has 0 saturated carbocycles. The number of aliphatic hydroxyl groups is 1. The Balaban J connectivity index is 1.61. The summed E-state index contributed by atoms with van der Waals surface area (Å²) in [5, 5.41) is 14.4. The molecule has 0 saturated heterocycles. The quantitative estimate of drug-likeness (QED) is 0.335. The molecule has 3 N–H and O–H groups in total. The van der Waals surface area contributed by atoms with Crippen LogP contribution in [0.4, 0.5) is 27.9 Å². The summed E-state index contributed by atoms with van der Waals surface area (Å²) in [5.74, 6) is -7.88. The maximum absolute atomic E-state index is 15.4. The van der Waals surface area contributed by atoms with Crippen molar-refractivity contribution in [3.63, 3.8) is 0 Å². The van der Waals surface area contributed by atoms with Gasteiger partial charge in [-0.25, -0.2) is 26.5 Å². The average Bonchev–Trinajstić information content (AvgIpc) is 3.20. The molecule has 36 heavy (non-hydrogen) atoms. The minimum Gasteiger partial charge on any atom is -0.496 e.